The van der Waals surface area contributed by atoms with E-state index >= 15 is 0 Å². The Hall–Kier alpha value is -1.44. The van der Waals surface area contributed by atoms with E-state index in [0.717, 1.165) is 6.07 Å². The fraction of sp³-hybridized carbons (Fsp3) is 0.455. The van der Waals surface area contributed by atoms with Crippen molar-refractivity contribution in [3.63, 3.8) is 0 Å². The predicted octanol–water partition coefficient (Wildman–Crippen LogP) is 2.69. The molecule has 0 fully saturated rings. The average Bonchev–Trinajstić information content (AvgIpc) is 2.16. The Morgan fingerprint density at radius 2 is 1.89 bits per heavy atom. The Labute approximate surface area is 109 Å². The lowest BCUT2D eigenvalue weighted by Gasteiger charge is -2.16. The summed E-state index contributed by atoms with van der Waals surface area (Å²) in [5.41, 5.74) is 3.60. The van der Waals surface area contributed by atoms with E-state index in [4.69, 9.17) is 5.73 Å². The molecule has 8 heteroatoms. The number of nitrogens with one attached hydrogen (secondary N) is 1. The minimum atomic E-state index is -4.68. The second-order valence-electron chi connectivity index (χ2n) is 4.58. The van der Waals surface area contributed by atoms with Gasteiger partial charge in [0, 0.05) is 5.69 Å². The molecule has 0 saturated heterocycles. The van der Waals surface area contributed by atoms with E-state index in [1.165, 1.54) is 6.07 Å². The van der Waals surface area contributed by atoms with Crippen molar-refractivity contribution in [1.29, 1.82) is 0 Å². The van der Waals surface area contributed by atoms with Crippen LogP contribution in [0, 0.1) is 5.92 Å². The van der Waals surface area contributed by atoms with Crippen LogP contribution in [0.15, 0.2) is 18.2 Å². The van der Waals surface area contributed by atoms with Gasteiger partial charge in [-0.1, -0.05) is 13.8 Å². The monoisotopic (exact) mass is 296 g/mol. The number of nitrogens with two attached hydrogens (primary N) is 1. The van der Waals surface area contributed by atoms with Gasteiger partial charge in [0.05, 0.1) is 17.0 Å². The summed E-state index contributed by atoms with van der Waals surface area (Å²) < 4.78 is 63.6. The summed E-state index contributed by atoms with van der Waals surface area (Å²) in [7, 11) is -3.82. The van der Waals surface area contributed by atoms with Crippen LogP contribution in [-0.2, 0) is 16.2 Å². The number of benzene rings is 1. The van der Waals surface area contributed by atoms with Gasteiger partial charge in [0.15, 0.2) is 0 Å². The molecule has 0 aliphatic rings. The molecule has 3 N–H and O–H groups in total. The highest BCUT2D eigenvalue weighted by molar-refractivity contribution is 7.92. The first kappa shape index (κ1) is 15.6. The van der Waals surface area contributed by atoms with Gasteiger partial charge in [0.2, 0.25) is 10.0 Å². The Balaban J connectivity index is 3.15. The molecule has 0 radical (unpaired) electrons. The normalized spacial score (nSPS) is 12.7. The van der Waals surface area contributed by atoms with E-state index < -0.39 is 27.5 Å². The van der Waals surface area contributed by atoms with Gasteiger partial charge < -0.3 is 5.73 Å². The molecule has 0 aliphatic heterocycles. The van der Waals surface area contributed by atoms with Gasteiger partial charge in [0.1, 0.15) is 0 Å². The summed E-state index contributed by atoms with van der Waals surface area (Å²) in [4.78, 5) is 0. The Morgan fingerprint density at radius 1 is 1.32 bits per heavy atom. The number of rotatable bonds is 4. The van der Waals surface area contributed by atoms with Gasteiger partial charge in [-0.25, -0.2) is 8.42 Å². The van der Waals surface area contributed by atoms with Crippen molar-refractivity contribution in [2.24, 2.45) is 5.92 Å². The highest BCUT2D eigenvalue weighted by atomic mass is 32.2. The standard InChI is InChI=1S/C11H15F3N2O2S/c1-7(2)6-19(17,18)16-10-4-3-8(15)5-9(10)11(12,13)14/h3-5,7,16H,6,15H2,1-2H3. The molecule has 0 bridgehead atoms. The molecule has 0 spiro atoms. The van der Waals surface area contributed by atoms with E-state index in [0.29, 0.717) is 6.07 Å². The summed E-state index contributed by atoms with van der Waals surface area (Å²) in [6.45, 7) is 3.32. The molecular formula is C11H15F3N2O2S. The number of hydrogen-bond donors (Lipinski definition) is 2. The van der Waals surface area contributed by atoms with Crippen LogP contribution >= 0.6 is 0 Å². The van der Waals surface area contributed by atoms with Crippen LogP contribution in [0.4, 0.5) is 24.5 Å². The van der Waals surface area contributed by atoms with Crippen LogP contribution in [0.5, 0.6) is 0 Å². The molecule has 0 atom stereocenters. The zero-order valence-electron chi connectivity index (χ0n) is 10.5. The molecule has 1 aromatic carbocycles. The lowest BCUT2D eigenvalue weighted by atomic mass is 10.1. The molecule has 4 nitrogen and oxygen atoms in total. The molecule has 1 aromatic rings. The number of halogens is 3. The molecule has 108 valence electrons. The van der Waals surface area contributed by atoms with Crippen LogP contribution in [0.2, 0.25) is 0 Å². The van der Waals surface area contributed by atoms with Crippen molar-refractivity contribution in [2.45, 2.75) is 20.0 Å². The van der Waals surface area contributed by atoms with Crippen LogP contribution in [0.1, 0.15) is 19.4 Å². The summed E-state index contributed by atoms with van der Waals surface area (Å²) in [5.74, 6) is -0.449. The quantitative estimate of drug-likeness (QED) is 0.839. The number of alkyl halides is 3. The number of anilines is 2. The smallest absolute Gasteiger partial charge is 0.399 e. The van der Waals surface area contributed by atoms with E-state index in [2.05, 4.69) is 0 Å². The van der Waals surface area contributed by atoms with Gasteiger partial charge >= 0.3 is 6.18 Å². The molecule has 0 unspecified atom stereocenters. The highest BCUT2D eigenvalue weighted by Crippen LogP contribution is 2.36. The molecule has 1 rings (SSSR count). The van der Waals surface area contributed by atoms with Gasteiger partial charge in [-0.2, -0.15) is 13.2 Å². The maximum Gasteiger partial charge on any atom is 0.418 e. The first-order valence-corrected chi connectivity index (χ1v) is 7.14. The Bertz CT molecular complexity index is 554. The second-order valence-corrected chi connectivity index (χ2v) is 6.35. The molecule has 0 amide bonds. The van der Waals surface area contributed by atoms with Crippen LogP contribution in [-0.4, -0.2) is 14.2 Å². The minimum Gasteiger partial charge on any atom is -0.399 e. The van der Waals surface area contributed by atoms with Crippen LogP contribution < -0.4 is 10.5 Å². The lowest BCUT2D eigenvalue weighted by molar-refractivity contribution is -0.136. The summed E-state index contributed by atoms with van der Waals surface area (Å²) >= 11 is 0. The maximum absolute atomic E-state index is 12.8. The average molecular weight is 296 g/mol. The summed E-state index contributed by atoms with van der Waals surface area (Å²) in [6, 6.07) is 2.92. The van der Waals surface area contributed by atoms with Gasteiger partial charge in [-0.05, 0) is 24.1 Å². The SMILES string of the molecule is CC(C)CS(=O)(=O)Nc1ccc(N)cc1C(F)(F)F. The third-order valence-electron chi connectivity index (χ3n) is 2.17. The van der Waals surface area contributed by atoms with Crippen molar-refractivity contribution in [3.8, 4) is 0 Å². The maximum atomic E-state index is 12.8. The lowest BCUT2D eigenvalue weighted by Crippen LogP contribution is -2.22. The number of sulfonamides is 1. The summed E-state index contributed by atoms with van der Waals surface area (Å²) in [5, 5.41) is 0. The van der Waals surface area contributed by atoms with E-state index in [1.54, 1.807) is 13.8 Å². The van der Waals surface area contributed by atoms with Crippen molar-refractivity contribution >= 4 is 21.4 Å². The number of nitrogen functional groups attached to an aromatic ring is 1. The van der Waals surface area contributed by atoms with Gasteiger partial charge in [-0.3, -0.25) is 4.72 Å². The Kier molecular flexibility index (Phi) is 4.34. The van der Waals surface area contributed by atoms with Crippen molar-refractivity contribution < 1.29 is 21.6 Å². The minimum absolute atomic E-state index is 0.0841. The largest absolute Gasteiger partial charge is 0.418 e. The highest BCUT2D eigenvalue weighted by Gasteiger charge is 2.34. The fourth-order valence-electron chi connectivity index (χ4n) is 1.53. The number of hydrogen-bond acceptors (Lipinski definition) is 3. The third kappa shape index (κ3) is 4.62. The molecule has 19 heavy (non-hydrogen) atoms. The van der Waals surface area contributed by atoms with Crippen LogP contribution in [0.25, 0.3) is 0 Å². The van der Waals surface area contributed by atoms with Crippen molar-refractivity contribution in [3.05, 3.63) is 23.8 Å². The molecular weight excluding hydrogens is 281 g/mol. The zero-order chi connectivity index (χ0) is 14.8. The zero-order valence-corrected chi connectivity index (χ0v) is 11.3. The fourth-order valence-corrected chi connectivity index (χ4v) is 3.01. The predicted molar refractivity (Wildman–Crippen MR) is 68.1 cm³/mol. The van der Waals surface area contributed by atoms with E-state index in [9.17, 15) is 21.6 Å². The van der Waals surface area contributed by atoms with Gasteiger partial charge in [0.25, 0.3) is 0 Å². The molecule has 0 aromatic heterocycles. The van der Waals surface area contributed by atoms with Crippen LogP contribution in [0.3, 0.4) is 0 Å². The Morgan fingerprint density at radius 3 is 2.37 bits per heavy atom. The first-order chi connectivity index (χ1) is 8.51. The molecule has 0 saturated carbocycles. The van der Waals surface area contributed by atoms with Gasteiger partial charge in [-0.15, -0.1) is 0 Å². The van der Waals surface area contributed by atoms with Crippen molar-refractivity contribution in [1.82, 2.24) is 0 Å². The molecule has 0 aliphatic carbocycles. The van der Waals surface area contributed by atoms with Crippen molar-refractivity contribution in [2.75, 3.05) is 16.2 Å². The first-order valence-electron chi connectivity index (χ1n) is 5.48. The third-order valence-corrected chi connectivity index (χ3v) is 3.80. The van der Waals surface area contributed by atoms with E-state index in [-0.39, 0.29) is 17.4 Å². The topological polar surface area (TPSA) is 72.2 Å². The summed E-state index contributed by atoms with van der Waals surface area (Å²) in [6.07, 6.45) is -4.68. The second kappa shape index (κ2) is 5.28. The van der Waals surface area contributed by atoms with E-state index in [1.807, 2.05) is 4.72 Å². The molecule has 0 heterocycles.